The summed E-state index contributed by atoms with van der Waals surface area (Å²) in [6.45, 7) is 2.58. The number of benzene rings is 1. The van der Waals surface area contributed by atoms with Gasteiger partial charge in [0.2, 0.25) is 10.0 Å². The van der Waals surface area contributed by atoms with Gasteiger partial charge in [0.1, 0.15) is 0 Å². The molecule has 0 spiro atoms. The molecule has 0 atom stereocenters. The van der Waals surface area contributed by atoms with E-state index in [4.69, 9.17) is 0 Å². The molecule has 21 heavy (non-hydrogen) atoms. The Morgan fingerprint density at radius 2 is 1.90 bits per heavy atom. The first kappa shape index (κ1) is 16.5. The summed E-state index contributed by atoms with van der Waals surface area (Å²) in [4.78, 5) is 0.448. The predicted octanol–water partition coefficient (Wildman–Crippen LogP) is 2.67. The first-order valence-electron chi connectivity index (χ1n) is 7.69. The minimum absolute atomic E-state index is 0.149. The van der Waals surface area contributed by atoms with Gasteiger partial charge in [-0.1, -0.05) is 31.4 Å². The number of rotatable bonds is 5. The molecule has 1 N–H and O–H groups in total. The second-order valence-electron chi connectivity index (χ2n) is 5.88. The van der Waals surface area contributed by atoms with E-state index in [2.05, 4.69) is 5.32 Å². The SMILES string of the molecule is CNCc1cccc(S(=O)(=O)N(C)C2CCCCC2)c1C. The zero-order chi connectivity index (χ0) is 15.5. The predicted molar refractivity (Wildman–Crippen MR) is 85.8 cm³/mol. The number of hydrogen-bond donors (Lipinski definition) is 1. The van der Waals surface area contributed by atoms with Crippen molar-refractivity contribution in [3.8, 4) is 0 Å². The van der Waals surface area contributed by atoms with Crippen molar-refractivity contribution in [1.82, 2.24) is 9.62 Å². The zero-order valence-electron chi connectivity index (χ0n) is 13.2. The van der Waals surface area contributed by atoms with Crippen LogP contribution in [0.4, 0.5) is 0 Å². The molecule has 0 bridgehead atoms. The van der Waals surface area contributed by atoms with Crippen LogP contribution < -0.4 is 5.32 Å². The van der Waals surface area contributed by atoms with E-state index in [-0.39, 0.29) is 6.04 Å². The van der Waals surface area contributed by atoms with E-state index in [0.29, 0.717) is 11.4 Å². The molecule has 0 amide bonds. The fourth-order valence-corrected chi connectivity index (χ4v) is 4.80. The van der Waals surface area contributed by atoms with Crippen LogP contribution in [0.25, 0.3) is 0 Å². The molecule has 0 saturated heterocycles. The van der Waals surface area contributed by atoms with Crippen LogP contribution in [-0.4, -0.2) is 32.9 Å². The number of nitrogens with one attached hydrogen (secondary N) is 1. The Hall–Kier alpha value is -0.910. The molecule has 2 rings (SSSR count). The van der Waals surface area contributed by atoms with Crippen LogP contribution in [0, 0.1) is 6.92 Å². The van der Waals surface area contributed by atoms with Crippen molar-refractivity contribution < 1.29 is 8.42 Å². The first-order valence-corrected chi connectivity index (χ1v) is 9.13. The molecular formula is C16H26N2O2S. The van der Waals surface area contributed by atoms with Gasteiger partial charge < -0.3 is 5.32 Å². The molecule has 0 heterocycles. The highest BCUT2D eigenvalue weighted by molar-refractivity contribution is 7.89. The van der Waals surface area contributed by atoms with Crippen molar-refractivity contribution in [2.45, 2.75) is 56.5 Å². The zero-order valence-corrected chi connectivity index (χ0v) is 14.0. The van der Waals surface area contributed by atoms with Crippen LogP contribution in [0.3, 0.4) is 0 Å². The standard InChI is InChI=1S/C16H26N2O2S/c1-13-14(12-17-2)8-7-11-16(13)21(19,20)18(3)15-9-5-4-6-10-15/h7-8,11,15,17H,4-6,9-10,12H2,1-3H3. The summed E-state index contributed by atoms with van der Waals surface area (Å²) in [6.07, 6.45) is 5.43. The van der Waals surface area contributed by atoms with Gasteiger partial charge in [0, 0.05) is 19.6 Å². The van der Waals surface area contributed by atoms with E-state index < -0.39 is 10.0 Å². The lowest BCUT2D eigenvalue weighted by Crippen LogP contribution is -2.38. The molecule has 1 fully saturated rings. The highest BCUT2D eigenvalue weighted by atomic mass is 32.2. The van der Waals surface area contributed by atoms with E-state index in [1.165, 1.54) is 6.42 Å². The van der Waals surface area contributed by atoms with Crippen molar-refractivity contribution in [1.29, 1.82) is 0 Å². The van der Waals surface area contributed by atoms with E-state index >= 15 is 0 Å². The molecule has 1 aromatic carbocycles. The fraction of sp³-hybridized carbons (Fsp3) is 0.625. The van der Waals surface area contributed by atoms with E-state index in [9.17, 15) is 8.42 Å². The molecule has 4 nitrogen and oxygen atoms in total. The molecule has 0 unspecified atom stereocenters. The summed E-state index contributed by atoms with van der Waals surface area (Å²) in [6, 6.07) is 5.69. The first-order chi connectivity index (χ1) is 9.98. The van der Waals surface area contributed by atoms with E-state index in [1.807, 2.05) is 26.1 Å². The third-order valence-electron chi connectivity index (χ3n) is 4.51. The molecule has 0 aromatic heterocycles. The number of sulfonamides is 1. The Bertz CT molecular complexity index is 578. The van der Waals surface area contributed by atoms with Gasteiger partial charge in [-0.2, -0.15) is 4.31 Å². The Balaban J connectivity index is 2.32. The Morgan fingerprint density at radius 3 is 2.52 bits per heavy atom. The van der Waals surface area contributed by atoms with Gasteiger partial charge in [-0.05, 0) is 44.0 Å². The smallest absolute Gasteiger partial charge is 0.243 e. The molecule has 1 saturated carbocycles. The summed E-state index contributed by atoms with van der Waals surface area (Å²) in [5, 5.41) is 3.09. The normalized spacial score (nSPS) is 17.3. The third kappa shape index (κ3) is 3.47. The Labute approximate surface area is 128 Å². The second-order valence-corrected chi connectivity index (χ2v) is 7.85. The highest BCUT2D eigenvalue weighted by Crippen LogP contribution is 2.28. The monoisotopic (exact) mass is 310 g/mol. The Morgan fingerprint density at radius 1 is 1.24 bits per heavy atom. The molecule has 0 aliphatic heterocycles. The fourth-order valence-electron chi connectivity index (χ4n) is 3.12. The van der Waals surface area contributed by atoms with Crippen LogP contribution in [0.2, 0.25) is 0 Å². The molecule has 1 aromatic rings. The van der Waals surface area contributed by atoms with Crippen molar-refractivity contribution in [3.63, 3.8) is 0 Å². The summed E-state index contributed by atoms with van der Waals surface area (Å²) in [7, 11) is 0.197. The van der Waals surface area contributed by atoms with Crippen LogP contribution in [0.5, 0.6) is 0 Å². The maximum Gasteiger partial charge on any atom is 0.243 e. The quantitative estimate of drug-likeness (QED) is 0.909. The van der Waals surface area contributed by atoms with Crippen molar-refractivity contribution >= 4 is 10.0 Å². The third-order valence-corrected chi connectivity index (χ3v) is 6.56. The minimum Gasteiger partial charge on any atom is -0.316 e. The molecule has 1 aliphatic carbocycles. The van der Waals surface area contributed by atoms with Crippen LogP contribution in [0.15, 0.2) is 23.1 Å². The number of hydrogen-bond acceptors (Lipinski definition) is 3. The summed E-state index contributed by atoms with van der Waals surface area (Å²) >= 11 is 0. The van der Waals surface area contributed by atoms with Crippen LogP contribution >= 0.6 is 0 Å². The second kappa shape index (κ2) is 6.90. The lowest BCUT2D eigenvalue weighted by Gasteiger charge is -2.31. The molecular weight excluding hydrogens is 284 g/mol. The van der Waals surface area contributed by atoms with Gasteiger partial charge in [-0.15, -0.1) is 0 Å². The van der Waals surface area contributed by atoms with Crippen molar-refractivity contribution in [2.24, 2.45) is 0 Å². The van der Waals surface area contributed by atoms with Crippen molar-refractivity contribution in [2.75, 3.05) is 14.1 Å². The minimum atomic E-state index is -3.40. The molecule has 118 valence electrons. The Kier molecular flexibility index (Phi) is 5.41. The average Bonchev–Trinajstić information content (AvgIpc) is 2.49. The van der Waals surface area contributed by atoms with Gasteiger partial charge in [-0.3, -0.25) is 0 Å². The van der Waals surface area contributed by atoms with Crippen LogP contribution in [0.1, 0.15) is 43.2 Å². The summed E-state index contributed by atoms with van der Waals surface area (Å²) in [5.74, 6) is 0. The lowest BCUT2D eigenvalue weighted by atomic mass is 9.96. The van der Waals surface area contributed by atoms with Gasteiger partial charge >= 0.3 is 0 Å². The molecule has 0 radical (unpaired) electrons. The topological polar surface area (TPSA) is 49.4 Å². The summed E-state index contributed by atoms with van der Waals surface area (Å²) in [5.41, 5.74) is 1.89. The van der Waals surface area contributed by atoms with Gasteiger partial charge in [-0.25, -0.2) is 8.42 Å². The van der Waals surface area contributed by atoms with Gasteiger partial charge in [0.25, 0.3) is 0 Å². The maximum atomic E-state index is 12.9. The summed E-state index contributed by atoms with van der Waals surface area (Å²) < 4.78 is 27.4. The highest BCUT2D eigenvalue weighted by Gasteiger charge is 2.30. The molecule has 1 aliphatic rings. The van der Waals surface area contributed by atoms with Crippen molar-refractivity contribution in [3.05, 3.63) is 29.3 Å². The largest absolute Gasteiger partial charge is 0.316 e. The molecule has 5 heteroatoms. The van der Waals surface area contributed by atoms with E-state index in [0.717, 1.165) is 36.8 Å². The average molecular weight is 310 g/mol. The van der Waals surface area contributed by atoms with Gasteiger partial charge in [0.05, 0.1) is 4.90 Å². The van der Waals surface area contributed by atoms with Gasteiger partial charge in [0.15, 0.2) is 0 Å². The van der Waals surface area contributed by atoms with Crippen LogP contribution in [-0.2, 0) is 16.6 Å². The lowest BCUT2D eigenvalue weighted by molar-refractivity contribution is 0.285. The maximum absolute atomic E-state index is 12.9. The van der Waals surface area contributed by atoms with E-state index in [1.54, 1.807) is 17.4 Å². The number of nitrogens with zero attached hydrogens (tertiary/aromatic N) is 1.